The number of aromatic nitrogens is 3. The minimum absolute atomic E-state index is 0.0281. The van der Waals surface area contributed by atoms with Gasteiger partial charge in [-0.2, -0.15) is 0 Å². The largest absolute Gasteiger partial charge is 0.493 e. The highest BCUT2D eigenvalue weighted by molar-refractivity contribution is 7.46. The number of hydrogen-bond donors (Lipinski definition) is 4. The molecule has 3 heterocycles. The second-order valence-electron chi connectivity index (χ2n) is 14.9. The number of anilines is 3. The molecule has 2 aromatic heterocycles. The van der Waals surface area contributed by atoms with Crippen LogP contribution in [0.5, 0.6) is 11.5 Å². The average molecular weight is 759 g/mol. The van der Waals surface area contributed by atoms with Crippen molar-refractivity contribution in [2.75, 3.05) is 37.4 Å². The maximum atomic E-state index is 13.9. The maximum Gasteiger partial charge on any atom is 0.470 e. The highest BCUT2D eigenvalue weighted by Gasteiger charge is 2.61. The van der Waals surface area contributed by atoms with E-state index in [2.05, 4.69) is 30.5 Å². The molecule has 0 aliphatic carbocycles. The lowest BCUT2D eigenvalue weighted by Crippen LogP contribution is -2.65. The Morgan fingerprint density at radius 3 is 2.48 bits per heavy atom. The van der Waals surface area contributed by atoms with Crippen molar-refractivity contribution in [2.45, 2.75) is 78.9 Å². The Hall–Kier alpha value is -3.72. The first-order valence-electron chi connectivity index (χ1n) is 17.1. The fourth-order valence-electron chi connectivity index (χ4n) is 7.55. The van der Waals surface area contributed by atoms with E-state index in [0.717, 1.165) is 19.4 Å². The van der Waals surface area contributed by atoms with E-state index in [-0.39, 0.29) is 24.1 Å². The lowest BCUT2D eigenvalue weighted by atomic mass is 9.58. The van der Waals surface area contributed by atoms with Gasteiger partial charge in [0.15, 0.2) is 16.6 Å². The van der Waals surface area contributed by atoms with Gasteiger partial charge in [0.2, 0.25) is 5.91 Å². The van der Waals surface area contributed by atoms with E-state index in [1.165, 1.54) is 29.8 Å². The van der Waals surface area contributed by atoms with Crippen molar-refractivity contribution in [2.24, 2.45) is 10.8 Å². The lowest BCUT2D eigenvalue weighted by Gasteiger charge is -2.57. The van der Waals surface area contributed by atoms with Gasteiger partial charge in [-0.15, -0.1) is 11.3 Å². The van der Waals surface area contributed by atoms with Gasteiger partial charge >= 0.3 is 7.82 Å². The highest BCUT2D eigenvalue weighted by atomic mass is 32.1. The van der Waals surface area contributed by atoms with Crippen LogP contribution in [-0.2, 0) is 20.3 Å². The molecule has 0 unspecified atom stereocenters. The highest BCUT2D eigenvalue weighted by Crippen LogP contribution is 2.59. The van der Waals surface area contributed by atoms with Gasteiger partial charge < -0.3 is 29.9 Å². The first kappa shape index (κ1) is 39.5. The minimum Gasteiger partial charge on any atom is -0.493 e. The monoisotopic (exact) mass is 758 g/mol. The van der Waals surface area contributed by atoms with Crippen LogP contribution in [0.3, 0.4) is 0 Å². The van der Waals surface area contributed by atoms with E-state index in [9.17, 15) is 23.5 Å². The van der Waals surface area contributed by atoms with Crippen LogP contribution in [-0.4, -0.2) is 74.0 Å². The number of ether oxygens (including phenoxy) is 2. The molecule has 2 aromatic carbocycles. The van der Waals surface area contributed by atoms with E-state index in [1.54, 1.807) is 37.6 Å². The van der Waals surface area contributed by atoms with Crippen molar-refractivity contribution in [3.05, 3.63) is 59.6 Å². The standard InChI is InChI=1S/C36H48FN6O7PS/c1-34(2,3)36(35(4,5)6,50-51(45,46)47)30-14-10-15-43(30)16-11-17-49-29-20-27-24(19-28(29)48-7)32(40-22-39-27)42-33-38-21-23(52-33)18-31(44)41-26-13-9-8-12-25(26)37/h8-9,12-13,19-22,30H,10-11,14-18H2,1-7H3,(H,41,44)(H2,45,46,47)(H,38,39,40,42)/t30-/m1/s1. The molecule has 16 heteroatoms. The fraction of sp³-hybridized carbons (Fsp3) is 0.500. The zero-order valence-electron chi connectivity index (χ0n) is 30.6. The molecule has 0 radical (unpaired) electrons. The van der Waals surface area contributed by atoms with Crippen molar-refractivity contribution in [1.82, 2.24) is 19.9 Å². The zero-order valence-corrected chi connectivity index (χ0v) is 32.3. The third-order valence-electron chi connectivity index (χ3n) is 9.35. The molecule has 13 nitrogen and oxygen atoms in total. The summed E-state index contributed by atoms with van der Waals surface area (Å²) in [5.74, 6) is 0.629. The number of phosphoric acid groups is 1. The van der Waals surface area contributed by atoms with Crippen molar-refractivity contribution in [3.8, 4) is 11.5 Å². The first-order valence-corrected chi connectivity index (χ1v) is 19.5. The van der Waals surface area contributed by atoms with Crippen LogP contribution < -0.4 is 20.1 Å². The van der Waals surface area contributed by atoms with Crippen LogP contribution >= 0.6 is 19.2 Å². The van der Waals surface area contributed by atoms with Gasteiger partial charge in [-0.25, -0.2) is 23.9 Å². The summed E-state index contributed by atoms with van der Waals surface area (Å²) in [5, 5.41) is 6.98. The molecule has 282 valence electrons. The first-order chi connectivity index (χ1) is 24.4. The summed E-state index contributed by atoms with van der Waals surface area (Å²) in [5.41, 5.74) is -1.54. The number of thiazole rings is 1. The molecule has 1 aliphatic heterocycles. The number of fused-ring (bicyclic) bond motifs is 1. The molecule has 5 rings (SSSR count). The molecule has 1 fully saturated rings. The van der Waals surface area contributed by atoms with Crippen LogP contribution in [0.1, 0.15) is 65.7 Å². The number of rotatable bonds is 14. The smallest absolute Gasteiger partial charge is 0.470 e. The topological polar surface area (TPSA) is 168 Å². The number of para-hydroxylation sites is 1. The molecule has 4 N–H and O–H groups in total. The van der Waals surface area contributed by atoms with Crippen LogP contribution in [0.15, 0.2) is 48.9 Å². The summed E-state index contributed by atoms with van der Waals surface area (Å²) in [6, 6.07) is 9.37. The third kappa shape index (κ3) is 8.90. The molecule has 0 bridgehead atoms. The number of amides is 1. The molecule has 52 heavy (non-hydrogen) atoms. The van der Waals surface area contributed by atoms with Crippen LogP contribution in [0.2, 0.25) is 0 Å². The molecule has 0 saturated carbocycles. The Kier molecular flexibility index (Phi) is 11.9. The van der Waals surface area contributed by atoms with E-state index >= 15 is 0 Å². The number of carbonyl (C=O) groups excluding carboxylic acids is 1. The number of phosphoric ester groups is 1. The van der Waals surface area contributed by atoms with Gasteiger partial charge in [0.05, 0.1) is 31.3 Å². The number of likely N-dealkylation sites (tertiary alicyclic amines) is 1. The Bertz CT molecular complexity index is 1910. The van der Waals surface area contributed by atoms with Crippen LogP contribution in [0.25, 0.3) is 10.9 Å². The van der Waals surface area contributed by atoms with Gasteiger partial charge in [0.25, 0.3) is 0 Å². The van der Waals surface area contributed by atoms with Gasteiger partial charge in [-0.05, 0) is 54.8 Å². The number of nitrogens with zero attached hydrogens (tertiary/aromatic N) is 4. The third-order valence-corrected chi connectivity index (χ3v) is 10.8. The number of hydrogen-bond acceptors (Lipinski definition) is 11. The number of halogens is 1. The summed E-state index contributed by atoms with van der Waals surface area (Å²) in [6.07, 6.45) is 5.36. The summed E-state index contributed by atoms with van der Waals surface area (Å²) >= 11 is 1.28. The Labute approximate surface area is 307 Å². The van der Waals surface area contributed by atoms with E-state index in [0.29, 0.717) is 57.8 Å². The average Bonchev–Trinajstić information content (AvgIpc) is 3.70. The van der Waals surface area contributed by atoms with Gasteiger partial charge in [0, 0.05) is 35.1 Å². The molecule has 1 aliphatic rings. The molecule has 4 aromatic rings. The second-order valence-corrected chi connectivity index (χ2v) is 17.2. The van der Waals surface area contributed by atoms with E-state index < -0.39 is 30.1 Å². The summed E-state index contributed by atoms with van der Waals surface area (Å²) in [4.78, 5) is 48.8. The normalized spacial score (nSPS) is 15.9. The second kappa shape index (κ2) is 15.7. The fourth-order valence-corrected chi connectivity index (χ4v) is 9.41. The molecule has 1 atom stereocenters. The molecule has 1 amide bonds. The van der Waals surface area contributed by atoms with Crippen molar-refractivity contribution in [3.63, 3.8) is 0 Å². The number of benzene rings is 2. The van der Waals surface area contributed by atoms with E-state index in [4.69, 9.17) is 14.0 Å². The van der Waals surface area contributed by atoms with Gasteiger partial charge in [-0.3, -0.25) is 14.2 Å². The van der Waals surface area contributed by atoms with Gasteiger partial charge in [-0.1, -0.05) is 53.7 Å². The van der Waals surface area contributed by atoms with Crippen molar-refractivity contribution >= 4 is 52.6 Å². The number of methoxy groups -OCH3 is 1. The molecular formula is C36H48FN6O7PS. The van der Waals surface area contributed by atoms with Crippen LogP contribution in [0.4, 0.5) is 21.0 Å². The predicted molar refractivity (Wildman–Crippen MR) is 200 cm³/mol. The maximum absolute atomic E-state index is 13.9. The van der Waals surface area contributed by atoms with Crippen molar-refractivity contribution in [1.29, 1.82) is 0 Å². The SMILES string of the molecule is COc1cc2c(Nc3ncc(CC(=O)Nc4ccccc4F)s3)ncnc2cc1OCCCN1CCC[C@@H]1C(OP(=O)(O)O)(C(C)(C)C)C(C)(C)C. The Morgan fingerprint density at radius 2 is 1.81 bits per heavy atom. The lowest BCUT2D eigenvalue weighted by molar-refractivity contribution is -0.168. The Morgan fingerprint density at radius 1 is 1.08 bits per heavy atom. The quantitative estimate of drug-likeness (QED) is 0.0748. The summed E-state index contributed by atoms with van der Waals surface area (Å²) in [7, 11) is -3.25. The number of nitrogens with one attached hydrogen (secondary N) is 2. The molecule has 0 spiro atoms. The minimum atomic E-state index is -4.81. The number of carbonyl (C=O) groups is 1. The van der Waals surface area contributed by atoms with Crippen LogP contribution in [0, 0.1) is 16.6 Å². The summed E-state index contributed by atoms with van der Waals surface area (Å²) < 4.78 is 44.0. The van der Waals surface area contributed by atoms with E-state index in [1.807, 2.05) is 41.5 Å². The van der Waals surface area contributed by atoms with Crippen molar-refractivity contribution < 1.29 is 37.5 Å². The summed E-state index contributed by atoms with van der Waals surface area (Å²) in [6.45, 7) is 13.7. The zero-order chi connectivity index (χ0) is 37.9. The predicted octanol–water partition coefficient (Wildman–Crippen LogP) is 7.33. The van der Waals surface area contributed by atoms with Gasteiger partial charge in [0.1, 0.15) is 23.6 Å². The molecular weight excluding hydrogens is 710 g/mol. The molecule has 1 saturated heterocycles. The Balaban J connectivity index is 1.25.